The zero-order chi connectivity index (χ0) is 85.6. The smallest absolute Gasteiger partial charge is 0.252 e. The number of hydrogen-bond donors (Lipinski definition) is 0. The van der Waals surface area contributed by atoms with Crippen molar-refractivity contribution in [1.82, 2.24) is 0 Å². The number of rotatable bonds is 55. The minimum absolute atomic E-state index is 0.155. The Hall–Kier alpha value is -0.300. The van der Waals surface area contributed by atoms with E-state index < -0.39 is 11.8 Å². The molecule has 0 spiro atoms. The third-order valence-electron chi connectivity index (χ3n) is 24.4. The van der Waals surface area contributed by atoms with Gasteiger partial charge in [-0.3, -0.25) is 0 Å². The van der Waals surface area contributed by atoms with Gasteiger partial charge in [-0.25, -0.2) is 8.78 Å². The third kappa shape index (κ3) is 89.9. The lowest BCUT2D eigenvalue weighted by atomic mass is 9.79. The molecule has 3 unspecified atom stereocenters. The second-order valence-electron chi connectivity index (χ2n) is 43.2. The summed E-state index contributed by atoms with van der Waals surface area (Å²) in [6.45, 7) is 96.7. The van der Waals surface area contributed by atoms with Crippen molar-refractivity contribution in [3.63, 3.8) is 0 Å². The van der Waals surface area contributed by atoms with E-state index in [9.17, 15) is 8.78 Å². The summed E-state index contributed by atoms with van der Waals surface area (Å²) < 4.78 is 48.3. The van der Waals surface area contributed by atoms with E-state index in [1.165, 1.54) is 181 Å². The van der Waals surface area contributed by atoms with Gasteiger partial charge in [0.25, 0.3) is 5.92 Å². The molecule has 6 heteroatoms. The molecule has 2 rings (SSSR count). The largest absolute Gasteiger partial charge is 0.381 e. The molecule has 0 aromatic heterocycles. The summed E-state index contributed by atoms with van der Waals surface area (Å²) in [6.07, 6.45) is 36.2. The second kappa shape index (κ2) is 74.0. The van der Waals surface area contributed by atoms with Crippen LogP contribution in [0.2, 0.25) is 0 Å². The second-order valence-corrected chi connectivity index (χ2v) is 43.2. The molecule has 0 amide bonds. The summed E-state index contributed by atoms with van der Waals surface area (Å²) in [5.74, 6) is 17.8. The van der Waals surface area contributed by atoms with Gasteiger partial charge in [-0.05, 0) is 243 Å². The molecule has 0 radical (unpaired) electrons. The van der Waals surface area contributed by atoms with Crippen LogP contribution in [0.5, 0.6) is 0 Å². The molecule has 0 aromatic rings. The van der Waals surface area contributed by atoms with E-state index >= 15 is 0 Å². The quantitative estimate of drug-likeness (QED) is 0.0569. The van der Waals surface area contributed by atoms with E-state index in [1.807, 2.05) is 0 Å². The number of alkyl halides is 2. The van der Waals surface area contributed by atoms with Crippen LogP contribution in [0, 0.1) is 159 Å². The molecule has 0 aromatic carbocycles. The number of hydrogen-bond acceptors (Lipinski definition) is 4. The first kappa shape index (κ1) is 120. The Labute approximate surface area is 692 Å². The van der Waals surface area contributed by atoms with Crippen LogP contribution in [0.4, 0.5) is 8.78 Å². The summed E-state index contributed by atoms with van der Waals surface area (Å²) in [5.41, 5.74) is 0.561. The normalized spacial score (nSPS) is 16.6. The van der Waals surface area contributed by atoms with Gasteiger partial charge in [0, 0.05) is 58.6 Å². The van der Waals surface area contributed by atoms with Crippen LogP contribution in [0.25, 0.3) is 0 Å². The van der Waals surface area contributed by atoms with E-state index in [1.54, 1.807) is 0 Å². The van der Waals surface area contributed by atoms with E-state index in [0.717, 1.165) is 164 Å². The van der Waals surface area contributed by atoms with Crippen molar-refractivity contribution in [2.75, 3.05) is 52.9 Å². The van der Waals surface area contributed by atoms with Gasteiger partial charge in [-0.2, -0.15) is 0 Å². The molecule has 2 aliphatic carbocycles. The number of halogens is 2. The number of unbranched alkanes of at least 4 members (excludes halogenated alkanes) is 4. The van der Waals surface area contributed by atoms with E-state index in [0.29, 0.717) is 35.7 Å². The molecule has 4 nitrogen and oxygen atoms in total. The lowest BCUT2D eigenvalue weighted by molar-refractivity contribution is -0.0730. The van der Waals surface area contributed by atoms with Crippen molar-refractivity contribution < 1.29 is 27.7 Å². The third-order valence-corrected chi connectivity index (χ3v) is 24.4. The number of ether oxygens (including phenoxy) is 4. The Morgan fingerprint density at radius 3 is 0.982 bits per heavy atom. The molecule has 9 atom stereocenters. The SMILES string of the molecule is CC(C)CCC1CC1C[C@@H](C)C(C)C.CC(C)CCCCC(C)(C)CC(C)C.CC(C)CCCCCC(C(C)C)C1CC1.CC(C)CCCC[C@@H](C)C(C)C.CC(C)CCCOC[C@@H](C)C(C)C.CC(C)CCCOC[C@@H](C)C(C)C.CC(C)CCOCC[C@@H](C)C(C)C.CC(C)[C@H](C)COCCC(F)(F)C(C)C. The first-order valence-electron chi connectivity index (χ1n) is 48.0. The van der Waals surface area contributed by atoms with Crippen molar-refractivity contribution in [1.29, 1.82) is 0 Å². The molecule has 666 valence electrons. The van der Waals surface area contributed by atoms with Crippen LogP contribution in [-0.2, 0) is 18.9 Å². The zero-order valence-electron chi connectivity index (χ0n) is 83.1. The molecule has 2 fully saturated rings. The maximum absolute atomic E-state index is 13.1. The summed E-state index contributed by atoms with van der Waals surface area (Å²) in [6, 6.07) is 0. The molecular weight excluding hydrogens is 1340 g/mol. The zero-order valence-corrected chi connectivity index (χ0v) is 83.1. The molecule has 109 heavy (non-hydrogen) atoms. The molecule has 0 aliphatic heterocycles. The van der Waals surface area contributed by atoms with Gasteiger partial charge in [-0.15, -0.1) is 0 Å². The van der Waals surface area contributed by atoms with E-state index in [4.69, 9.17) is 18.9 Å². The van der Waals surface area contributed by atoms with E-state index in [-0.39, 0.29) is 13.0 Å². The molecule has 0 heterocycles. The average molecular weight is 1560 g/mol. The Morgan fingerprint density at radius 2 is 0.624 bits per heavy atom. The standard InChI is InChI=1S/C15H30.C14H28.C14H30.C12H24F2O.3C12H26O.C12H26/c1-12(2)8-6-5-7-9-15(13(3)4)14-10-11-14;1-10(2)6-7-13-9-14(13)8-12(5)11(3)4;1-12(2)9-7-8-10-14(5,6)11-13(3)4;1-9(2)11(5)8-15-7-6-12(13,14)10(3)4;1-10(2)6-8-13-9-7-12(5)11(3)4;2*1-10(2)7-6-8-13-9-12(5)11(3)4;1-10(2)8-6-7-9-12(5)11(3)4/h12-15H,5-11H2,1-4H3;10-14H,6-9H2,1-5H3;12-13H,7-11H2,1-6H3;9-11H,6-8H2,1-5H3;3*10-12H,6-9H2,1-5H3;10-12H,6-9H2,1-5H3/t;12-,13?,14?;;11-;4*12-/m.1.11111/s1. The maximum Gasteiger partial charge on any atom is 0.252 e. The van der Waals surface area contributed by atoms with Crippen LogP contribution in [0.1, 0.15) is 450 Å². The summed E-state index contributed by atoms with van der Waals surface area (Å²) in [7, 11) is 0. The Balaban J connectivity index is -0.000000278. The van der Waals surface area contributed by atoms with Crippen molar-refractivity contribution in [3.05, 3.63) is 0 Å². The first-order chi connectivity index (χ1) is 50.4. The highest BCUT2D eigenvalue weighted by Crippen LogP contribution is 2.47. The van der Waals surface area contributed by atoms with Crippen LogP contribution in [0.3, 0.4) is 0 Å². The van der Waals surface area contributed by atoms with Gasteiger partial charge in [0.15, 0.2) is 0 Å². The summed E-state index contributed by atoms with van der Waals surface area (Å²) >= 11 is 0. The lowest BCUT2D eigenvalue weighted by Crippen LogP contribution is -2.26. The van der Waals surface area contributed by atoms with Gasteiger partial charge in [-0.1, -0.05) is 354 Å². The fourth-order valence-electron chi connectivity index (χ4n) is 12.8. The Morgan fingerprint density at radius 1 is 0.284 bits per heavy atom. The molecular formula is C103H216F2O4. The highest BCUT2D eigenvalue weighted by molar-refractivity contribution is 4.88. The fraction of sp³-hybridized carbons (Fsp3) is 1.00. The van der Waals surface area contributed by atoms with Crippen LogP contribution in [-0.4, -0.2) is 58.8 Å². The molecule has 0 N–H and O–H groups in total. The highest BCUT2D eigenvalue weighted by Gasteiger charge is 2.37. The van der Waals surface area contributed by atoms with Crippen molar-refractivity contribution in [2.24, 2.45) is 159 Å². The van der Waals surface area contributed by atoms with Gasteiger partial charge in [0.05, 0.1) is 6.61 Å². The van der Waals surface area contributed by atoms with Crippen molar-refractivity contribution >= 4 is 0 Å². The van der Waals surface area contributed by atoms with Crippen LogP contribution in [0.15, 0.2) is 0 Å². The lowest BCUT2D eigenvalue weighted by Gasteiger charge is -2.26. The topological polar surface area (TPSA) is 36.9 Å². The Kier molecular flexibility index (Phi) is 81.2. The molecule has 0 bridgehead atoms. The fourth-order valence-corrected chi connectivity index (χ4v) is 12.8. The van der Waals surface area contributed by atoms with E-state index in [2.05, 4.69) is 263 Å². The van der Waals surface area contributed by atoms with Gasteiger partial charge in [0.1, 0.15) is 0 Å². The minimum atomic E-state index is -2.60. The van der Waals surface area contributed by atoms with Gasteiger partial charge >= 0.3 is 0 Å². The summed E-state index contributed by atoms with van der Waals surface area (Å²) in [4.78, 5) is 0. The predicted molar refractivity (Wildman–Crippen MR) is 493 cm³/mol. The molecule has 2 aliphatic rings. The minimum Gasteiger partial charge on any atom is -0.381 e. The highest BCUT2D eigenvalue weighted by atomic mass is 19.3. The first-order valence-corrected chi connectivity index (χ1v) is 48.0. The van der Waals surface area contributed by atoms with Crippen molar-refractivity contribution in [3.8, 4) is 0 Å². The summed E-state index contributed by atoms with van der Waals surface area (Å²) in [5, 5.41) is 0. The van der Waals surface area contributed by atoms with Gasteiger partial charge < -0.3 is 18.9 Å². The van der Waals surface area contributed by atoms with Gasteiger partial charge in [0.2, 0.25) is 0 Å². The monoisotopic (exact) mass is 1560 g/mol. The van der Waals surface area contributed by atoms with Crippen LogP contribution >= 0.6 is 0 Å². The predicted octanol–water partition coefficient (Wildman–Crippen LogP) is 35.0. The molecule has 2 saturated carbocycles. The maximum atomic E-state index is 13.1. The average Bonchev–Trinajstić information content (AvgIpc) is 1.69. The van der Waals surface area contributed by atoms with Crippen molar-refractivity contribution in [2.45, 2.75) is 456 Å². The molecule has 0 saturated heterocycles. The Bertz CT molecular complexity index is 1740. The van der Waals surface area contributed by atoms with Crippen LogP contribution < -0.4 is 0 Å².